The molecular weight excluding hydrogens is 298 g/mol. The molecular formula is C20H31N3O. The molecule has 3 aliphatic heterocycles. The van der Waals surface area contributed by atoms with E-state index in [9.17, 15) is 0 Å². The highest BCUT2D eigenvalue weighted by atomic mass is 16.5. The Balaban J connectivity index is 1.22. The predicted molar refractivity (Wildman–Crippen MR) is 95.8 cm³/mol. The van der Waals surface area contributed by atoms with Gasteiger partial charge in [-0.05, 0) is 81.7 Å². The SMILES string of the molecule is c1ccc(CN2CCC3(CC2)CCN(CC2CCOC2)CC3)nc1. The van der Waals surface area contributed by atoms with Crippen LogP contribution in [0.25, 0.3) is 0 Å². The zero-order valence-corrected chi connectivity index (χ0v) is 14.8. The zero-order valence-electron chi connectivity index (χ0n) is 14.8. The summed E-state index contributed by atoms with van der Waals surface area (Å²) in [5.41, 5.74) is 1.84. The topological polar surface area (TPSA) is 28.6 Å². The van der Waals surface area contributed by atoms with Crippen LogP contribution in [0.15, 0.2) is 24.4 Å². The molecule has 1 aromatic heterocycles. The third-order valence-corrected chi connectivity index (χ3v) is 6.49. The molecule has 3 aliphatic rings. The van der Waals surface area contributed by atoms with Gasteiger partial charge in [0, 0.05) is 25.9 Å². The van der Waals surface area contributed by atoms with Crippen LogP contribution in [0.1, 0.15) is 37.8 Å². The van der Waals surface area contributed by atoms with Crippen molar-refractivity contribution in [1.29, 1.82) is 0 Å². The summed E-state index contributed by atoms with van der Waals surface area (Å²) in [6.45, 7) is 9.35. The maximum Gasteiger partial charge on any atom is 0.0543 e. The predicted octanol–water partition coefficient (Wildman–Crippen LogP) is 2.80. The molecule has 4 heteroatoms. The minimum absolute atomic E-state index is 0.628. The van der Waals surface area contributed by atoms with E-state index in [4.69, 9.17) is 4.74 Å². The Bertz CT molecular complexity index is 497. The first-order valence-electron chi connectivity index (χ1n) is 9.74. The highest BCUT2D eigenvalue weighted by molar-refractivity contribution is 5.04. The van der Waals surface area contributed by atoms with Crippen LogP contribution in [0.2, 0.25) is 0 Å². The maximum atomic E-state index is 5.53. The molecule has 4 heterocycles. The van der Waals surface area contributed by atoms with Crippen LogP contribution in [-0.2, 0) is 11.3 Å². The second kappa shape index (κ2) is 7.51. The van der Waals surface area contributed by atoms with Crippen LogP contribution in [0, 0.1) is 11.3 Å². The molecule has 3 fully saturated rings. The average Bonchev–Trinajstić information content (AvgIpc) is 3.13. The van der Waals surface area contributed by atoms with Gasteiger partial charge in [0.25, 0.3) is 0 Å². The van der Waals surface area contributed by atoms with Gasteiger partial charge in [-0.25, -0.2) is 0 Å². The summed E-state index contributed by atoms with van der Waals surface area (Å²) < 4.78 is 5.53. The van der Waals surface area contributed by atoms with Gasteiger partial charge in [-0.2, -0.15) is 0 Å². The fourth-order valence-electron chi connectivity index (χ4n) is 4.71. The van der Waals surface area contributed by atoms with Gasteiger partial charge in [0.1, 0.15) is 0 Å². The Morgan fingerprint density at radius 2 is 1.79 bits per heavy atom. The van der Waals surface area contributed by atoms with Crippen molar-refractivity contribution >= 4 is 0 Å². The van der Waals surface area contributed by atoms with Crippen molar-refractivity contribution < 1.29 is 4.74 Å². The lowest BCUT2D eigenvalue weighted by Crippen LogP contribution is -2.47. The second-order valence-corrected chi connectivity index (χ2v) is 8.13. The molecule has 0 saturated carbocycles. The molecule has 0 amide bonds. The van der Waals surface area contributed by atoms with Crippen LogP contribution >= 0.6 is 0 Å². The van der Waals surface area contributed by atoms with E-state index in [0.717, 1.165) is 25.7 Å². The number of rotatable bonds is 4. The second-order valence-electron chi connectivity index (χ2n) is 8.13. The van der Waals surface area contributed by atoms with Gasteiger partial charge in [-0.1, -0.05) is 6.07 Å². The lowest BCUT2D eigenvalue weighted by atomic mass is 9.71. The molecule has 132 valence electrons. The molecule has 0 aliphatic carbocycles. The molecule has 1 spiro atoms. The van der Waals surface area contributed by atoms with Gasteiger partial charge in [0.05, 0.1) is 12.3 Å². The molecule has 1 aromatic rings. The Hall–Kier alpha value is -0.970. The lowest BCUT2D eigenvalue weighted by Gasteiger charge is -2.47. The van der Waals surface area contributed by atoms with Crippen molar-refractivity contribution in [2.45, 2.75) is 38.6 Å². The maximum absolute atomic E-state index is 5.53. The third-order valence-electron chi connectivity index (χ3n) is 6.49. The van der Waals surface area contributed by atoms with Crippen LogP contribution in [0.5, 0.6) is 0 Å². The number of likely N-dealkylation sites (tertiary alicyclic amines) is 2. The van der Waals surface area contributed by atoms with Crippen molar-refractivity contribution in [3.8, 4) is 0 Å². The van der Waals surface area contributed by atoms with Crippen molar-refractivity contribution in [1.82, 2.24) is 14.8 Å². The highest BCUT2D eigenvalue weighted by Crippen LogP contribution is 2.41. The van der Waals surface area contributed by atoms with E-state index < -0.39 is 0 Å². The largest absolute Gasteiger partial charge is 0.381 e. The molecule has 3 saturated heterocycles. The van der Waals surface area contributed by atoms with Gasteiger partial charge in [-0.15, -0.1) is 0 Å². The lowest BCUT2D eigenvalue weighted by molar-refractivity contribution is 0.0267. The summed E-state index contributed by atoms with van der Waals surface area (Å²) in [6, 6.07) is 6.24. The minimum Gasteiger partial charge on any atom is -0.381 e. The fraction of sp³-hybridized carbons (Fsp3) is 0.750. The molecule has 0 N–H and O–H groups in total. The fourth-order valence-corrected chi connectivity index (χ4v) is 4.71. The van der Waals surface area contributed by atoms with Gasteiger partial charge in [0.15, 0.2) is 0 Å². The van der Waals surface area contributed by atoms with E-state index in [0.29, 0.717) is 5.41 Å². The molecule has 0 bridgehead atoms. The van der Waals surface area contributed by atoms with E-state index in [2.05, 4.69) is 26.9 Å². The number of ether oxygens (including phenoxy) is 1. The molecule has 1 atom stereocenters. The summed E-state index contributed by atoms with van der Waals surface area (Å²) in [7, 11) is 0. The van der Waals surface area contributed by atoms with E-state index in [1.807, 2.05) is 12.3 Å². The third kappa shape index (κ3) is 3.98. The number of nitrogens with zero attached hydrogens (tertiary/aromatic N) is 3. The minimum atomic E-state index is 0.628. The van der Waals surface area contributed by atoms with E-state index in [1.54, 1.807) is 0 Å². The Labute approximate surface area is 146 Å². The summed E-state index contributed by atoms with van der Waals surface area (Å²) in [6.07, 6.45) is 8.73. The molecule has 0 radical (unpaired) electrons. The number of aromatic nitrogens is 1. The first kappa shape index (κ1) is 16.5. The quantitative estimate of drug-likeness (QED) is 0.849. The van der Waals surface area contributed by atoms with Crippen molar-refractivity contribution in [3.63, 3.8) is 0 Å². The number of hydrogen-bond acceptors (Lipinski definition) is 4. The van der Waals surface area contributed by atoms with Gasteiger partial charge in [-0.3, -0.25) is 9.88 Å². The number of hydrogen-bond donors (Lipinski definition) is 0. The van der Waals surface area contributed by atoms with Crippen LogP contribution in [0.3, 0.4) is 0 Å². The van der Waals surface area contributed by atoms with Crippen molar-refractivity contribution in [2.75, 3.05) is 45.9 Å². The zero-order chi connectivity index (χ0) is 16.2. The van der Waals surface area contributed by atoms with E-state index in [-0.39, 0.29) is 0 Å². The van der Waals surface area contributed by atoms with Crippen molar-refractivity contribution in [2.24, 2.45) is 11.3 Å². The van der Waals surface area contributed by atoms with E-state index >= 15 is 0 Å². The van der Waals surface area contributed by atoms with Crippen LogP contribution in [0.4, 0.5) is 0 Å². The van der Waals surface area contributed by atoms with Gasteiger partial charge >= 0.3 is 0 Å². The Morgan fingerprint density at radius 3 is 2.42 bits per heavy atom. The molecule has 4 nitrogen and oxygen atoms in total. The Kier molecular flexibility index (Phi) is 5.16. The smallest absolute Gasteiger partial charge is 0.0543 e. The van der Waals surface area contributed by atoms with E-state index in [1.165, 1.54) is 70.5 Å². The van der Waals surface area contributed by atoms with Crippen LogP contribution < -0.4 is 0 Å². The normalized spacial score (nSPS) is 28.4. The first-order valence-corrected chi connectivity index (χ1v) is 9.74. The number of pyridine rings is 1. The summed E-state index contributed by atoms with van der Waals surface area (Å²) in [5.74, 6) is 0.791. The summed E-state index contributed by atoms with van der Waals surface area (Å²) in [4.78, 5) is 9.77. The highest BCUT2D eigenvalue weighted by Gasteiger charge is 2.37. The number of piperidine rings is 2. The summed E-state index contributed by atoms with van der Waals surface area (Å²) in [5, 5.41) is 0. The average molecular weight is 329 g/mol. The monoisotopic (exact) mass is 329 g/mol. The molecule has 0 aromatic carbocycles. The van der Waals surface area contributed by atoms with Gasteiger partial charge in [0.2, 0.25) is 0 Å². The first-order chi connectivity index (χ1) is 11.8. The van der Waals surface area contributed by atoms with Crippen LogP contribution in [-0.4, -0.2) is 60.7 Å². The van der Waals surface area contributed by atoms with Gasteiger partial charge < -0.3 is 9.64 Å². The standard InChI is InChI=1S/C20H31N3O/c1-2-9-21-19(3-1)16-23-12-7-20(8-13-23)5-10-22(11-6-20)15-18-4-14-24-17-18/h1-3,9,18H,4-8,10-17H2. The molecule has 4 rings (SSSR count). The molecule has 1 unspecified atom stereocenters. The Morgan fingerprint density at radius 1 is 1.04 bits per heavy atom. The molecule has 24 heavy (non-hydrogen) atoms. The van der Waals surface area contributed by atoms with Crippen molar-refractivity contribution in [3.05, 3.63) is 30.1 Å². The summed E-state index contributed by atoms with van der Waals surface area (Å²) >= 11 is 0.